The molecule has 0 radical (unpaired) electrons. The quantitative estimate of drug-likeness (QED) is 0.523. The van der Waals surface area contributed by atoms with Gasteiger partial charge in [-0.15, -0.1) is 11.8 Å². The molecule has 144 valence electrons. The zero-order valence-electron chi connectivity index (χ0n) is 16.0. The second-order valence-corrected chi connectivity index (χ2v) is 7.19. The number of amides is 1. The molecular weight excluding hydrogens is 354 g/mol. The number of benzene rings is 1. The van der Waals surface area contributed by atoms with Gasteiger partial charge in [0.15, 0.2) is 6.61 Å². The van der Waals surface area contributed by atoms with E-state index in [9.17, 15) is 14.4 Å². The summed E-state index contributed by atoms with van der Waals surface area (Å²) in [6.45, 7) is 7.33. The van der Waals surface area contributed by atoms with E-state index in [1.807, 2.05) is 45.9 Å². The number of hydrogen-bond acceptors (Lipinski definition) is 6. The maximum Gasteiger partial charge on any atom is 0.328 e. The molecule has 0 aromatic heterocycles. The van der Waals surface area contributed by atoms with Gasteiger partial charge in [0, 0.05) is 4.90 Å². The largest absolute Gasteiger partial charge is 0.467 e. The summed E-state index contributed by atoms with van der Waals surface area (Å²) >= 11 is 1.37. The van der Waals surface area contributed by atoms with Crippen molar-refractivity contribution in [2.45, 2.75) is 45.1 Å². The first-order valence-corrected chi connectivity index (χ1v) is 9.49. The van der Waals surface area contributed by atoms with Crippen LogP contribution in [-0.2, 0) is 23.9 Å². The lowest BCUT2D eigenvalue weighted by molar-refractivity contribution is -0.149. The molecule has 0 fully saturated rings. The van der Waals surface area contributed by atoms with Gasteiger partial charge in [0.1, 0.15) is 6.04 Å². The summed E-state index contributed by atoms with van der Waals surface area (Å²) < 4.78 is 9.70. The van der Waals surface area contributed by atoms with Crippen molar-refractivity contribution < 1.29 is 23.9 Å². The molecule has 0 bridgehead atoms. The van der Waals surface area contributed by atoms with E-state index in [1.54, 1.807) is 0 Å². The highest BCUT2D eigenvalue weighted by Gasteiger charge is 2.26. The molecule has 2 atom stereocenters. The molecule has 0 heterocycles. The van der Waals surface area contributed by atoms with Gasteiger partial charge in [-0.3, -0.25) is 9.59 Å². The zero-order valence-corrected chi connectivity index (χ0v) is 16.8. The first kappa shape index (κ1) is 22.0. The number of thioether (sulfide) groups is 1. The van der Waals surface area contributed by atoms with Gasteiger partial charge in [-0.25, -0.2) is 4.79 Å². The number of rotatable bonds is 9. The average molecular weight is 381 g/mol. The van der Waals surface area contributed by atoms with Gasteiger partial charge in [0.25, 0.3) is 5.91 Å². The minimum Gasteiger partial charge on any atom is -0.467 e. The second kappa shape index (κ2) is 10.9. The standard InChI is InChI=1S/C19H27NO5S/c1-6-13(3)18(19(23)24-5)20-16(21)10-25-17(22)11-26-15-8-7-12(2)9-14(15)4/h7-9,13,18H,6,10-11H2,1-5H3,(H,20,21)/t13-,18+/m1/s1. The molecule has 7 heteroatoms. The molecular formula is C19H27NO5S. The average Bonchev–Trinajstić information content (AvgIpc) is 2.62. The van der Waals surface area contributed by atoms with Crippen LogP contribution in [0.1, 0.15) is 31.4 Å². The summed E-state index contributed by atoms with van der Waals surface area (Å²) in [6.07, 6.45) is 0.701. The van der Waals surface area contributed by atoms with Crippen molar-refractivity contribution in [2.75, 3.05) is 19.5 Å². The zero-order chi connectivity index (χ0) is 19.7. The third kappa shape index (κ3) is 7.07. The minimum atomic E-state index is -0.749. The van der Waals surface area contributed by atoms with Gasteiger partial charge in [-0.2, -0.15) is 0 Å². The van der Waals surface area contributed by atoms with Crippen LogP contribution in [0.5, 0.6) is 0 Å². The predicted molar refractivity (Wildman–Crippen MR) is 101 cm³/mol. The van der Waals surface area contributed by atoms with E-state index in [-0.39, 0.29) is 11.7 Å². The lowest BCUT2D eigenvalue weighted by Gasteiger charge is -2.21. The molecule has 0 spiro atoms. The van der Waals surface area contributed by atoms with E-state index in [0.717, 1.165) is 16.0 Å². The third-order valence-corrected chi connectivity index (χ3v) is 5.17. The monoisotopic (exact) mass is 381 g/mol. The van der Waals surface area contributed by atoms with E-state index >= 15 is 0 Å². The Balaban J connectivity index is 2.45. The van der Waals surface area contributed by atoms with Gasteiger partial charge >= 0.3 is 11.9 Å². The van der Waals surface area contributed by atoms with Gasteiger partial charge in [-0.1, -0.05) is 38.0 Å². The molecule has 1 aromatic rings. The number of esters is 2. The van der Waals surface area contributed by atoms with Gasteiger partial charge in [-0.05, 0) is 31.4 Å². The third-order valence-electron chi connectivity index (χ3n) is 4.02. The van der Waals surface area contributed by atoms with E-state index in [1.165, 1.54) is 18.9 Å². The van der Waals surface area contributed by atoms with Crippen molar-refractivity contribution in [2.24, 2.45) is 5.92 Å². The Hall–Kier alpha value is -2.02. The van der Waals surface area contributed by atoms with E-state index in [0.29, 0.717) is 6.42 Å². The molecule has 6 nitrogen and oxygen atoms in total. The maximum absolute atomic E-state index is 12.0. The van der Waals surface area contributed by atoms with Gasteiger partial charge < -0.3 is 14.8 Å². The van der Waals surface area contributed by atoms with Crippen LogP contribution in [0.25, 0.3) is 0 Å². The summed E-state index contributed by atoms with van der Waals surface area (Å²) in [5.41, 5.74) is 2.25. The fraction of sp³-hybridized carbons (Fsp3) is 0.526. The first-order chi connectivity index (χ1) is 12.3. The molecule has 1 N–H and O–H groups in total. The summed E-state index contributed by atoms with van der Waals surface area (Å²) in [7, 11) is 1.27. The Morgan fingerprint density at radius 1 is 1.23 bits per heavy atom. The number of methoxy groups -OCH3 is 1. The first-order valence-electron chi connectivity index (χ1n) is 8.51. The Morgan fingerprint density at radius 3 is 2.50 bits per heavy atom. The number of carbonyl (C=O) groups excluding carboxylic acids is 3. The van der Waals surface area contributed by atoms with Crippen LogP contribution in [-0.4, -0.2) is 43.4 Å². The smallest absolute Gasteiger partial charge is 0.328 e. The van der Waals surface area contributed by atoms with Crippen LogP contribution in [0.4, 0.5) is 0 Å². The van der Waals surface area contributed by atoms with Crippen molar-refractivity contribution in [1.82, 2.24) is 5.32 Å². The molecule has 0 unspecified atom stereocenters. The van der Waals surface area contributed by atoms with E-state index in [2.05, 4.69) is 5.32 Å². The van der Waals surface area contributed by atoms with Crippen LogP contribution in [0.15, 0.2) is 23.1 Å². The van der Waals surface area contributed by atoms with Gasteiger partial charge in [0.2, 0.25) is 0 Å². The second-order valence-electron chi connectivity index (χ2n) is 6.17. The van der Waals surface area contributed by atoms with Crippen molar-refractivity contribution in [3.8, 4) is 0 Å². The normalized spacial score (nSPS) is 12.8. The molecule has 26 heavy (non-hydrogen) atoms. The summed E-state index contributed by atoms with van der Waals surface area (Å²) in [5.74, 6) is -1.48. The molecule has 0 aliphatic rings. The summed E-state index contributed by atoms with van der Waals surface area (Å²) in [5, 5.41) is 2.57. The Kier molecular flexibility index (Phi) is 9.19. The Labute approximate surface area is 159 Å². The minimum absolute atomic E-state index is 0.0813. The Morgan fingerprint density at radius 2 is 1.92 bits per heavy atom. The van der Waals surface area contributed by atoms with Crippen molar-refractivity contribution in [3.63, 3.8) is 0 Å². The summed E-state index contributed by atoms with van der Waals surface area (Å²) in [4.78, 5) is 36.6. The number of nitrogens with one attached hydrogen (secondary N) is 1. The van der Waals surface area contributed by atoms with Crippen LogP contribution >= 0.6 is 11.8 Å². The highest BCUT2D eigenvalue weighted by Crippen LogP contribution is 2.23. The fourth-order valence-electron chi connectivity index (χ4n) is 2.30. The van der Waals surface area contributed by atoms with Gasteiger partial charge in [0.05, 0.1) is 12.9 Å². The number of carbonyl (C=O) groups is 3. The maximum atomic E-state index is 12.0. The molecule has 0 saturated heterocycles. The summed E-state index contributed by atoms with van der Waals surface area (Å²) in [6, 6.07) is 5.24. The molecule has 0 saturated carbocycles. The van der Waals surface area contributed by atoms with Crippen molar-refractivity contribution in [1.29, 1.82) is 0 Å². The highest BCUT2D eigenvalue weighted by molar-refractivity contribution is 8.00. The lowest BCUT2D eigenvalue weighted by Crippen LogP contribution is -2.47. The molecule has 1 amide bonds. The molecule has 1 rings (SSSR count). The molecule has 0 aliphatic heterocycles. The predicted octanol–water partition coefficient (Wildman–Crippen LogP) is 2.64. The van der Waals surface area contributed by atoms with Crippen LogP contribution < -0.4 is 5.32 Å². The van der Waals surface area contributed by atoms with Crippen molar-refractivity contribution in [3.05, 3.63) is 29.3 Å². The number of aryl methyl sites for hydroxylation is 2. The van der Waals surface area contributed by atoms with Crippen LogP contribution in [0, 0.1) is 19.8 Å². The lowest BCUT2D eigenvalue weighted by atomic mass is 9.99. The molecule has 1 aromatic carbocycles. The molecule has 0 aliphatic carbocycles. The van der Waals surface area contributed by atoms with E-state index in [4.69, 9.17) is 9.47 Å². The topological polar surface area (TPSA) is 81.7 Å². The van der Waals surface area contributed by atoms with Crippen LogP contribution in [0.3, 0.4) is 0 Å². The fourth-order valence-corrected chi connectivity index (χ4v) is 3.10. The number of hydrogen-bond donors (Lipinski definition) is 1. The van der Waals surface area contributed by atoms with E-state index < -0.39 is 30.5 Å². The van der Waals surface area contributed by atoms with Crippen LogP contribution in [0.2, 0.25) is 0 Å². The highest BCUT2D eigenvalue weighted by atomic mass is 32.2. The van der Waals surface area contributed by atoms with Crippen molar-refractivity contribution >= 4 is 29.6 Å². The SMILES string of the molecule is CC[C@@H](C)[C@H](NC(=O)COC(=O)CSc1ccc(C)cc1C)C(=O)OC. The Bertz CT molecular complexity index is 647. The number of ether oxygens (including phenoxy) is 2.